The molecule has 2 aromatic rings. The molecule has 0 unspecified atom stereocenters. The minimum absolute atomic E-state index is 0. The highest BCUT2D eigenvalue weighted by molar-refractivity contribution is 7.98. The quantitative estimate of drug-likeness (QED) is 0.801. The first-order valence-corrected chi connectivity index (χ1v) is 8.06. The standard InChI is InChI=1S/C14H19N5OS.ClH/c1-21-9-5-12(15)14(20)17-13-4-8-19(18-13)10-11-2-6-16-7-3-11;/h2-4,6-8,12H,5,9-10,15H2,1H3,(H,17,18,20);1H/t12-;/m0./s1. The first kappa shape index (κ1) is 18.5. The third kappa shape index (κ3) is 5.67. The first-order valence-electron chi connectivity index (χ1n) is 6.67. The van der Waals surface area contributed by atoms with E-state index < -0.39 is 6.04 Å². The van der Waals surface area contributed by atoms with Crippen LogP contribution in [0.3, 0.4) is 0 Å². The molecular formula is C14H20ClN5OS. The van der Waals surface area contributed by atoms with Crippen molar-refractivity contribution in [3.05, 3.63) is 42.4 Å². The highest BCUT2D eigenvalue weighted by atomic mass is 35.5. The molecule has 6 nitrogen and oxygen atoms in total. The second kappa shape index (κ2) is 9.45. The molecule has 0 aliphatic rings. The molecule has 2 heterocycles. The van der Waals surface area contributed by atoms with E-state index in [1.807, 2.05) is 24.6 Å². The SMILES string of the molecule is CSCC[C@H](N)C(=O)Nc1ccn(Cc2ccncc2)n1.Cl. The van der Waals surface area contributed by atoms with Gasteiger partial charge in [0.15, 0.2) is 5.82 Å². The van der Waals surface area contributed by atoms with Crippen molar-refractivity contribution in [2.45, 2.75) is 19.0 Å². The van der Waals surface area contributed by atoms with Crippen molar-refractivity contribution in [3.8, 4) is 0 Å². The van der Waals surface area contributed by atoms with Crippen molar-refractivity contribution in [1.82, 2.24) is 14.8 Å². The molecule has 0 radical (unpaired) electrons. The average molecular weight is 342 g/mol. The number of amides is 1. The van der Waals surface area contributed by atoms with E-state index in [1.54, 1.807) is 34.9 Å². The Morgan fingerprint density at radius 2 is 2.14 bits per heavy atom. The Bertz CT molecular complexity index is 578. The average Bonchev–Trinajstić information content (AvgIpc) is 2.92. The molecule has 0 spiro atoms. The van der Waals surface area contributed by atoms with Crippen molar-refractivity contribution in [1.29, 1.82) is 0 Å². The molecule has 1 atom stereocenters. The smallest absolute Gasteiger partial charge is 0.242 e. The fourth-order valence-corrected chi connectivity index (χ4v) is 2.28. The Labute approximate surface area is 140 Å². The molecule has 3 N–H and O–H groups in total. The van der Waals surface area contributed by atoms with Gasteiger partial charge in [0, 0.05) is 24.7 Å². The zero-order valence-corrected chi connectivity index (χ0v) is 13.9. The van der Waals surface area contributed by atoms with Gasteiger partial charge in [-0.3, -0.25) is 14.5 Å². The number of rotatable bonds is 7. The van der Waals surface area contributed by atoms with Gasteiger partial charge in [-0.1, -0.05) is 0 Å². The normalized spacial score (nSPS) is 11.5. The second-order valence-electron chi connectivity index (χ2n) is 4.63. The van der Waals surface area contributed by atoms with Crippen LogP contribution in [0.15, 0.2) is 36.8 Å². The lowest BCUT2D eigenvalue weighted by molar-refractivity contribution is -0.117. The minimum atomic E-state index is -0.497. The monoisotopic (exact) mass is 341 g/mol. The fraction of sp³-hybridized carbons (Fsp3) is 0.357. The molecule has 8 heteroatoms. The van der Waals surface area contributed by atoms with E-state index in [4.69, 9.17) is 5.73 Å². The van der Waals surface area contributed by atoms with Gasteiger partial charge < -0.3 is 11.1 Å². The van der Waals surface area contributed by atoms with Gasteiger partial charge in [-0.15, -0.1) is 12.4 Å². The zero-order chi connectivity index (χ0) is 15.1. The number of nitrogens with zero attached hydrogens (tertiary/aromatic N) is 3. The number of halogens is 1. The zero-order valence-electron chi connectivity index (χ0n) is 12.3. The van der Waals surface area contributed by atoms with Crippen LogP contribution in [0.4, 0.5) is 5.82 Å². The lowest BCUT2D eigenvalue weighted by Crippen LogP contribution is -2.36. The van der Waals surface area contributed by atoms with Gasteiger partial charge in [0.05, 0.1) is 12.6 Å². The van der Waals surface area contributed by atoms with Crippen LogP contribution in [0.5, 0.6) is 0 Å². The van der Waals surface area contributed by atoms with E-state index in [0.717, 1.165) is 11.3 Å². The maximum Gasteiger partial charge on any atom is 0.242 e. The molecular weight excluding hydrogens is 322 g/mol. The van der Waals surface area contributed by atoms with Gasteiger partial charge in [-0.25, -0.2) is 0 Å². The molecule has 2 aromatic heterocycles. The van der Waals surface area contributed by atoms with Gasteiger partial charge in [0.2, 0.25) is 5.91 Å². The number of thioether (sulfide) groups is 1. The number of pyridine rings is 1. The first-order chi connectivity index (χ1) is 10.2. The van der Waals surface area contributed by atoms with E-state index in [2.05, 4.69) is 15.4 Å². The summed E-state index contributed by atoms with van der Waals surface area (Å²) in [6, 6.07) is 5.12. The van der Waals surface area contributed by atoms with E-state index >= 15 is 0 Å². The lowest BCUT2D eigenvalue weighted by Gasteiger charge is -2.09. The Morgan fingerprint density at radius 1 is 1.41 bits per heavy atom. The maximum atomic E-state index is 11.9. The van der Waals surface area contributed by atoms with E-state index in [0.29, 0.717) is 18.8 Å². The van der Waals surface area contributed by atoms with Crippen molar-refractivity contribution in [2.24, 2.45) is 5.73 Å². The summed E-state index contributed by atoms with van der Waals surface area (Å²) in [6.07, 6.45) is 7.96. The predicted molar refractivity (Wildman–Crippen MR) is 92.4 cm³/mol. The summed E-state index contributed by atoms with van der Waals surface area (Å²) in [5, 5.41) is 7.05. The Kier molecular flexibility index (Phi) is 7.94. The highest BCUT2D eigenvalue weighted by Gasteiger charge is 2.14. The number of anilines is 1. The second-order valence-corrected chi connectivity index (χ2v) is 5.62. The van der Waals surface area contributed by atoms with Crippen LogP contribution in [-0.2, 0) is 11.3 Å². The molecule has 0 aliphatic heterocycles. The molecule has 0 saturated heterocycles. The van der Waals surface area contributed by atoms with Crippen molar-refractivity contribution >= 4 is 35.9 Å². The predicted octanol–water partition coefficient (Wildman–Crippen LogP) is 1.77. The Hall–Kier alpha value is -1.57. The summed E-state index contributed by atoms with van der Waals surface area (Å²) < 4.78 is 1.76. The fourth-order valence-electron chi connectivity index (χ4n) is 1.79. The van der Waals surface area contributed by atoms with Crippen LogP contribution < -0.4 is 11.1 Å². The third-order valence-corrected chi connectivity index (χ3v) is 3.60. The van der Waals surface area contributed by atoms with Crippen LogP contribution in [-0.4, -0.2) is 38.7 Å². The summed E-state index contributed by atoms with van der Waals surface area (Å²) in [7, 11) is 0. The lowest BCUT2D eigenvalue weighted by atomic mass is 10.2. The van der Waals surface area contributed by atoms with Crippen molar-refractivity contribution < 1.29 is 4.79 Å². The molecule has 0 fully saturated rings. The van der Waals surface area contributed by atoms with Crippen LogP contribution in [0.1, 0.15) is 12.0 Å². The van der Waals surface area contributed by atoms with Gasteiger partial charge >= 0.3 is 0 Å². The molecule has 0 aliphatic carbocycles. The highest BCUT2D eigenvalue weighted by Crippen LogP contribution is 2.07. The molecule has 1 amide bonds. The molecule has 2 rings (SSSR count). The molecule has 0 bridgehead atoms. The molecule has 0 saturated carbocycles. The van der Waals surface area contributed by atoms with Gasteiger partial charge in [-0.2, -0.15) is 16.9 Å². The van der Waals surface area contributed by atoms with Gasteiger partial charge in [0.1, 0.15) is 0 Å². The number of nitrogens with one attached hydrogen (secondary N) is 1. The summed E-state index contributed by atoms with van der Waals surface area (Å²) in [4.78, 5) is 15.9. The molecule has 120 valence electrons. The maximum absolute atomic E-state index is 11.9. The van der Waals surface area contributed by atoms with Crippen molar-refractivity contribution in [2.75, 3.05) is 17.3 Å². The summed E-state index contributed by atoms with van der Waals surface area (Å²) in [6.45, 7) is 0.636. The van der Waals surface area contributed by atoms with E-state index in [-0.39, 0.29) is 18.3 Å². The number of aromatic nitrogens is 3. The number of hydrogen-bond acceptors (Lipinski definition) is 5. The van der Waals surface area contributed by atoms with E-state index in [1.165, 1.54) is 0 Å². The number of nitrogens with two attached hydrogens (primary N) is 1. The minimum Gasteiger partial charge on any atom is -0.320 e. The molecule has 0 aromatic carbocycles. The van der Waals surface area contributed by atoms with Crippen LogP contribution in [0.25, 0.3) is 0 Å². The number of carbonyl (C=O) groups is 1. The van der Waals surface area contributed by atoms with Crippen molar-refractivity contribution in [3.63, 3.8) is 0 Å². The van der Waals surface area contributed by atoms with Gasteiger partial charge in [-0.05, 0) is 36.1 Å². The Balaban J connectivity index is 0.00000242. The number of hydrogen-bond donors (Lipinski definition) is 2. The largest absolute Gasteiger partial charge is 0.320 e. The van der Waals surface area contributed by atoms with Gasteiger partial charge in [0.25, 0.3) is 0 Å². The van der Waals surface area contributed by atoms with Crippen LogP contribution >= 0.6 is 24.2 Å². The molecule has 22 heavy (non-hydrogen) atoms. The third-order valence-electron chi connectivity index (χ3n) is 2.96. The summed E-state index contributed by atoms with van der Waals surface area (Å²) in [5.41, 5.74) is 6.91. The number of carbonyl (C=O) groups excluding carboxylic acids is 1. The summed E-state index contributed by atoms with van der Waals surface area (Å²) in [5.74, 6) is 1.19. The van der Waals surface area contributed by atoms with Crippen LogP contribution in [0.2, 0.25) is 0 Å². The topological polar surface area (TPSA) is 85.8 Å². The Morgan fingerprint density at radius 3 is 2.82 bits per heavy atom. The van der Waals surface area contributed by atoms with E-state index in [9.17, 15) is 4.79 Å². The summed E-state index contributed by atoms with van der Waals surface area (Å²) >= 11 is 1.67. The van der Waals surface area contributed by atoms with Crippen LogP contribution in [0, 0.1) is 0 Å².